The van der Waals surface area contributed by atoms with Crippen LogP contribution in [0, 0.1) is 0 Å². The van der Waals surface area contributed by atoms with E-state index >= 15 is 0 Å². The Balaban J connectivity index is 1.50. The van der Waals surface area contributed by atoms with Crippen molar-refractivity contribution in [2.24, 2.45) is 0 Å². The fraction of sp³-hybridized carbons (Fsp3) is 0.571. The Morgan fingerprint density at radius 2 is 1.72 bits per heavy atom. The van der Waals surface area contributed by atoms with Crippen molar-refractivity contribution in [2.75, 3.05) is 52.3 Å². The SMILES string of the molecule is CS(=O)(=O)N1CCN(CCNS(=O)(=O)c2ccc3c(c2)OCO3)CC1. The highest BCUT2D eigenvalue weighted by Crippen LogP contribution is 2.33. The molecule has 1 aromatic carbocycles. The van der Waals surface area contributed by atoms with E-state index in [4.69, 9.17) is 9.47 Å². The van der Waals surface area contributed by atoms with E-state index < -0.39 is 20.0 Å². The van der Waals surface area contributed by atoms with Crippen molar-refractivity contribution < 1.29 is 26.3 Å². The Hall–Kier alpha value is -1.40. The van der Waals surface area contributed by atoms with Crippen molar-refractivity contribution in [1.29, 1.82) is 0 Å². The lowest BCUT2D eigenvalue weighted by Gasteiger charge is -2.33. The maximum Gasteiger partial charge on any atom is 0.240 e. The zero-order valence-electron chi connectivity index (χ0n) is 13.8. The Kier molecular flexibility index (Phi) is 5.21. The Bertz CT molecular complexity index is 832. The molecule has 0 atom stereocenters. The van der Waals surface area contributed by atoms with Crippen LogP contribution in [0.3, 0.4) is 0 Å². The first-order valence-corrected chi connectivity index (χ1v) is 11.2. The molecule has 0 spiro atoms. The molecule has 0 bridgehead atoms. The lowest BCUT2D eigenvalue weighted by atomic mass is 10.3. The molecule has 11 heteroatoms. The summed E-state index contributed by atoms with van der Waals surface area (Å²) in [5.41, 5.74) is 0. The summed E-state index contributed by atoms with van der Waals surface area (Å²) < 4.78 is 62.0. The molecule has 2 aliphatic rings. The molecule has 1 N–H and O–H groups in total. The summed E-state index contributed by atoms with van der Waals surface area (Å²) in [6.45, 7) is 2.86. The van der Waals surface area contributed by atoms with E-state index in [1.807, 2.05) is 4.90 Å². The van der Waals surface area contributed by atoms with Gasteiger partial charge in [0.05, 0.1) is 11.2 Å². The van der Waals surface area contributed by atoms with E-state index in [1.165, 1.54) is 22.7 Å². The van der Waals surface area contributed by atoms with Crippen LogP contribution in [-0.2, 0) is 20.0 Å². The van der Waals surface area contributed by atoms with Crippen LogP contribution < -0.4 is 14.2 Å². The summed E-state index contributed by atoms with van der Waals surface area (Å²) in [5.74, 6) is 0.947. The van der Waals surface area contributed by atoms with Crippen molar-refractivity contribution in [3.05, 3.63) is 18.2 Å². The van der Waals surface area contributed by atoms with Gasteiger partial charge in [-0.1, -0.05) is 0 Å². The number of nitrogens with one attached hydrogen (secondary N) is 1. The third-order valence-electron chi connectivity index (χ3n) is 4.17. The van der Waals surface area contributed by atoms with Crippen molar-refractivity contribution in [1.82, 2.24) is 13.9 Å². The molecule has 0 radical (unpaired) electrons. The standard InChI is InChI=1S/C14H21N3O6S2/c1-24(18,19)17-8-6-16(7-9-17)5-4-15-25(20,21)12-2-3-13-14(10-12)23-11-22-13/h2-3,10,15H,4-9,11H2,1H3. The predicted octanol–water partition coefficient (Wildman–Crippen LogP) is -0.729. The third-order valence-corrected chi connectivity index (χ3v) is 6.94. The molecule has 140 valence electrons. The number of piperazine rings is 1. The summed E-state index contributed by atoms with van der Waals surface area (Å²) in [7, 11) is -6.80. The fourth-order valence-corrected chi connectivity index (χ4v) is 4.61. The zero-order chi connectivity index (χ0) is 18.1. The van der Waals surface area contributed by atoms with Gasteiger partial charge in [-0.15, -0.1) is 0 Å². The van der Waals surface area contributed by atoms with Crippen molar-refractivity contribution in [3.8, 4) is 11.5 Å². The molecule has 1 aromatic rings. The average molecular weight is 391 g/mol. The first kappa shape index (κ1) is 18.4. The minimum Gasteiger partial charge on any atom is -0.454 e. The second-order valence-electron chi connectivity index (χ2n) is 5.92. The van der Waals surface area contributed by atoms with Gasteiger partial charge in [-0.05, 0) is 12.1 Å². The van der Waals surface area contributed by atoms with Crippen LogP contribution in [0.5, 0.6) is 11.5 Å². The van der Waals surface area contributed by atoms with Gasteiger partial charge in [0, 0.05) is 45.3 Å². The van der Waals surface area contributed by atoms with Gasteiger partial charge in [-0.2, -0.15) is 4.31 Å². The number of rotatable bonds is 6. The molecule has 2 aliphatic heterocycles. The highest BCUT2D eigenvalue weighted by Gasteiger charge is 2.24. The number of hydrogen-bond acceptors (Lipinski definition) is 7. The Morgan fingerprint density at radius 3 is 2.40 bits per heavy atom. The Labute approximate surface area is 147 Å². The minimum absolute atomic E-state index is 0.0890. The minimum atomic E-state index is -3.64. The van der Waals surface area contributed by atoms with Crippen LogP contribution in [0.1, 0.15) is 0 Å². The molecule has 2 heterocycles. The van der Waals surface area contributed by atoms with Crippen LogP contribution in [0.2, 0.25) is 0 Å². The van der Waals surface area contributed by atoms with Crippen LogP contribution in [0.4, 0.5) is 0 Å². The van der Waals surface area contributed by atoms with Crippen molar-refractivity contribution in [3.63, 3.8) is 0 Å². The summed E-state index contributed by atoms with van der Waals surface area (Å²) in [4.78, 5) is 2.16. The summed E-state index contributed by atoms with van der Waals surface area (Å²) in [6, 6.07) is 4.48. The maximum absolute atomic E-state index is 12.3. The average Bonchev–Trinajstić information content (AvgIpc) is 3.02. The number of ether oxygens (including phenoxy) is 2. The van der Waals surface area contributed by atoms with Crippen LogP contribution in [0.25, 0.3) is 0 Å². The van der Waals surface area contributed by atoms with Crippen LogP contribution >= 0.6 is 0 Å². The largest absolute Gasteiger partial charge is 0.454 e. The number of nitrogens with zero attached hydrogens (tertiary/aromatic N) is 2. The van der Waals surface area contributed by atoms with Crippen LogP contribution in [0.15, 0.2) is 23.1 Å². The topological polar surface area (TPSA) is 105 Å². The molecule has 1 fully saturated rings. The van der Waals surface area contributed by atoms with Gasteiger partial charge in [0.2, 0.25) is 26.8 Å². The van der Waals surface area contributed by atoms with Gasteiger partial charge in [0.15, 0.2) is 11.5 Å². The molecule has 1 saturated heterocycles. The molecule has 0 aromatic heterocycles. The second-order valence-corrected chi connectivity index (χ2v) is 9.67. The molecule has 0 saturated carbocycles. The lowest BCUT2D eigenvalue weighted by Crippen LogP contribution is -2.49. The number of benzene rings is 1. The van der Waals surface area contributed by atoms with Crippen molar-refractivity contribution >= 4 is 20.0 Å². The number of hydrogen-bond donors (Lipinski definition) is 1. The molecule has 0 amide bonds. The summed E-state index contributed by atoms with van der Waals surface area (Å²) in [5, 5.41) is 0. The maximum atomic E-state index is 12.3. The zero-order valence-corrected chi connectivity index (χ0v) is 15.5. The molecule has 9 nitrogen and oxygen atoms in total. The van der Waals surface area contributed by atoms with E-state index in [0.29, 0.717) is 44.2 Å². The van der Waals surface area contributed by atoms with Crippen LogP contribution in [-0.4, -0.2) is 78.4 Å². The van der Waals surface area contributed by atoms with E-state index in [1.54, 1.807) is 6.07 Å². The van der Waals surface area contributed by atoms with Gasteiger partial charge in [0.1, 0.15) is 0 Å². The van der Waals surface area contributed by atoms with Gasteiger partial charge in [-0.3, -0.25) is 4.90 Å². The fourth-order valence-electron chi connectivity index (χ4n) is 2.75. The molecule has 25 heavy (non-hydrogen) atoms. The van der Waals surface area contributed by atoms with E-state index in [9.17, 15) is 16.8 Å². The molecular formula is C14H21N3O6S2. The smallest absolute Gasteiger partial charge is 0.240 e. The first-order chi connectivity index (χ1) is 11.8. The summed E-state index contributed by atoms with van der Waals surface area (Å²) in [6.07, 6.45) is 1.20. The normalized spacial score (nSPS) is 19.2. The number of fused-ring (bicyclic) bond motifs is 1. The second kappa shape index (κ2) is 7.08. The number of sulfonamides is 2. The van der Waals surface area contributed by atoms with E-state index in [2.05, 4.69) is 4.72 Å². The highest BCUT2D eigenvalue weighted by atomic mass is 32.2. The van der Waals surface area contributed by atoms with Gasteiger partial charge in [-0.25, -0.2) is 21.6 Å². The van der Waals surface area contributed by atoms with Crippen molar-refractivity contribution in [2.45, 2.75) is 4.90 Å². The lowest BCUT2D eigenvalue weighted by molar-refractivity contribution is 0.174. The van der Waals surface area contributed by atoms with E-state index in [-0.39, 0.29) is 18.2 Å². The van der Waals surface area contributed by atoms with Gasteiger partial charge < -0.3 is 9.47 Å². The monoisotopic (exact) mass is 391 g/mol. The first-order valence-electron chi connectivity index (χ1n) is 7.82. The van der Waals surface area contributed by atoms with Gasteiger partial charge in [0.25, 0.3) is 0 Å². The van der Waals surface area contributed by atoms with Gasteiger partial charge >= 0.3 is 0 Å². The molecule has 0 unspecified atom stereocenters. The molecular weight excluding hydrogens is 370 g/mol. The predicted molar refractivity (Wildman–Crippen MR) is 90.6 cm³/mol. The molecule has 0 aliphatic carbocycles. The highest BCUT2D eigenvalue weighted by molar-refractivity contribution is 7.89. The molecule has 3 rings (SSSR count). The Morgan fingerprint density at radius 1 is 1.04 bits per heavy atom. The van der Waals surface area contributed by atoms with E-state index in [0.717, 1.165) is 0 Å². The summed E-state index contributed by atoms with van der Waals surface area (Å²) >= 11 is 0. The quantitative estimate of drug-likeness (QED) is 0.682. The third kappa shape index (κ3) is 4.42.